The molecule has 118 valence electrons. The van der Waals surface area contributed by atoms with E-state index in [2.05, 4.69) is 10.2 Å². The molecule has 1 atom stereocenters. The van der Waals surface area contributed by atoms with E-state index < -0.39 is 0 Å². The molecule has 0 aromatic carbocycles. The quantitative estimate of drug-likeness (QED) is 0.746. The lowest BCUT2D eigenvalue weighted by Gasteiger charge is -2.28. The highest BCUT2D eigenvalue weighted by Crippen LogP contribution is 2.42. The Morgan fingerprint density at radius 1 is 1.48 bits per heavy atom. The molecule has 0 saturated heterocycles. The van der Waals surface area contributed by atoms with Crippen molar-refractivity contribution < 1.29 is 14.3 Å². The summed E-state index contributed by atoms with van der Waals surface area (Å²) in [5, 5.41) is 7.04. The van der Waals surface area contributed by atoms with Crippen LogP contribution < -0.4 is 5.73 Å². The second-order valence-corrected chi connectivity index (χ2v) is 5.47. The summed E-state index contributed by atoms with van der Waals surface area (Å²) in [6.07, 6.45) is 2.21. The van der Waals surface area contributed by atoms with Crippen LogP contribution >= 0.6 is 0 Å². The zero-order valence-corrected chi connectivity index (χ0v) is 12.9. The smallest absolute Gasteiger partial charge is 0.276 e. The Bertz CT molecular complexity index is 485. The van der Waals surface area contributed by atoms with Crippen LogP contribution in [0.2, 0.25) is 0 Å². The van der Waals surface area contributed by atoms with Crippen LogP contribution in [0.15, 0.2) is 0 Å². The van der Waals surface area contributed by atoms with Gasteiger partial charge in [-0.2, -0.15) is 5.10 Å². The number of methoxy groups -OCH3 is 2. The number of carbonyl (C=O) groups is 1. The summed E-state index contributed by atoms with van der Waals surface area (Å²) in [6.45, 7) is 3.32. The average molecular weight is 296 g/mol. The number of nitrogens with two attached hydrogens (primary N) is 1. The highest BCUT2D eigenvalue weighted by molar-refractivity contribution is 5.98. The van der Waals surface area contributed by atoms with E-state index in [0.29, 0.717) is 37.1 Å². The van der Waals surface area contributed by atoms with Gasteiger partial charge in [0.25, 0.3) is 5.91 Å². The maximum atomic E-state index is 12.7. The summed E-state index contributed by atoms with van der Waals surface area (Å²) in [5.74, 6) is 0.250. The molecule has 0 radical (unpaired) electrons. The van der Waals surface area contributed by atoms with E-state index in [9.17, 15) is 4.79 Å². The van der Waals surface area contributed by atoms with Crippen LogP contribution in [0.1, 0.15) is 41.9 Å². The highest BCUT2D eigenvalue weighted by Gasteiger charge is 2.32. The van der Waals surface area contributed by atoms with Gasteiger partial charge in [0.05, 0.1) is 30.6 Å². The van der Waals surface area contributed by atoms with E-state index in [-0.39, 0.29) is 11.9 Å². The lowest BCUT2D eigenvalue weighted by molar-refractivity contribution is 0.0475. The molecular formula is C14H24N4O3. The molecule has 1 unspecified atom stereocenters. The van der Waals surface area contributed by atoms with Gasteiger partial charge < -0.3 is 20.1 Å². The number of nitrogen functional groups attached to an aromatic ring is 1. The molecule has 7 nitrogen and oxygen atoms in total. The van der Waals surface area contributed by atoms with E-state index in [4.69, 9.17) is 15.2 Å². The van der Waals surface area contributed by atoms with Gasteiger partial charge in [-0.15, -0.1) is 0 Å². The Kier molecular flexibility index (Phi) is 5.19. The summed E-state index contributed by atoms with van der Waals surface area (Å²) in [6, 6.07) is -0.0712. The molecule has 1 aliphatic carbocycles. The van der Waals surface area contributed by atoms with Gasteiger partial charge in [-0.3, -0.25) is 9.89 Å². The SMILES string of the molecule is COCCN(C(=O)c1n[nH]c(C2CC2)c1N)C(C)COC. The van der Waals surface area contributed by atoms with Crippen LogP contribution in [0, 0.1) is 0 Å². The molecule has 0 aliphatic heterocycles. The van der Waals surface area contributed by atoms with Crippen molar-refractivity contribution in [2.45, 2.75) is 31.7 Å². The van der Waals surface area contributed by atoms with Crippen molar-refractivity contribution in [1.29, 1.82) is 0 Å². The first kappa shape index (κ1) is 15.8. The lowest BCUT2D eigenvalue weighted by atomic mass is 10.2. The third-order valence-electron chi connectivity index (χ3n) is 3.76. The molecule has 1 amide bonds. The topological polar surface area (TPSA) is 93.5 Å². The van der Waals surface area contributed by atoms with Gasteiger partial charge in [0, 0.05) is 26.7 Å². The summed E-state index contributed by atoms with van der Waals surface area (Å²) < 4.78 is 10.2. The standard InChI is InChI=1S/C14H24N4O3/c1-9(8-21-3)18(6-7-20-2)14(19)13-11(15)12(16-17-13)10-4-5-10/h9-10H,4-8,15H2,1-3H3,(H,16,17). The number of hydrogen-bond acceptors (Lipinski definition) is 5. The number of nitrogens with zero attached hydrogens (tertiary/aromatic N) is 2. The predicted octanol–water partition coefficient (Wildman–Crippen LogP) is 0.993. The third kappa shape index (κ3) is 3.54. The molecule has 1 saturated carbocycles. The summed E-state index contributed by atoms with van der Waals surface area (Å²) in [7, 11) is 3.22. The number of aromatic nitrogens is 2. The van der Waals surface area contributed by atoms with E-state index >= 15 is 0 Å². The van der Waals surface area contributed by atoms with Gasteiger partial charge in [0.15, 0.2) is 5.69 Å². The normalized spacial score (nSPS) is 16.0. The molecule has 7 heteroatoms. The fourth-order valence-electron chi connectivity index (χ4n) is 2.39. The number of nitrogens with one attached hydrogen (secondary N) is 1. The molecule has 1 aliphatic rings. The Morgan fingerprint density at radius 3 is 2.76 bits per heavy atom. The van der Waals surface area contributed by atoms with Gasteiger partial charge in [-0.25, -0.2) is 0 Å². The Balaban J connectivity index is 2.16. The molecule has 1 fully saturated rings. The fraction of sp³-hybridized carbons (Fsp3) is 0.714. The maximum Gasteiger partial charge on any atom is 0.276 e. The highest BCUT2D eigenvalue weighted by atomic mass is 16.5. The van der Waals surface area contributed by atoms with Crippen molar-refractivity contribution in [2.75, 3.05) is 39.7 Å². The van der Waals surface area contributed by atoms with Crippen molar-refractivity contribution in [3.05, 3.63) is 11.4 Å². The zero-order chi connectivity index (χ0) is 15.4. The molecule has 3 N–H and O–H groups in total. The van der Waals surface area contributed by atoms with Gasteiger partial charge >= 0.3 is 0 Å². The van der Waals surface area contributed by atoms with E-state index in [1.165, 1.54) is 0 Å². The largest absolute Gasteiger partial charge is 0.395 e. The van der Waals surface area contributed by atoms with Crippen LogP contribution in [0.3, 0.4) is 0 Å². The summed E-state index contributed by atoms with van der Waals surface area (Å²) in [5.41, 5.74) is 7.76. The molecule has 0 bridgehead atoms. The second kappa shape index (κ2) is 6.91. The van der Waals surface area contributed by atoms with Crippen molar-refractivity contribution in [3.63, 3.8) is 0 Å². The van der Waals surface area contributed by atoms with Crippen LogP contribution in [0.4, 0.5) is 5.69 Å². The first-order valence-corrected chi connectivity index (χ1v) is 7.22. The monoisotopic (exact) mass is 296 g/mol. The molecule has 1 aromatic heterocycles. The first-order valence-electron chi connectivity index (χ1n) is 7.22. The minimum atomic E-state index is -0.183. The van der Waals surface area contributed by atoms with Crippen molar-refractivity contribution in [1.82, 2.24) is 15.1 Å². The van der Waals surface area contributed by atoms with Crippen molar-refractivity contribution in [2.24, 2.45) is 0 Å². The van der Waals surface area contributed by atoms with E-state index in [0.717, 1.165) is 18.5 Å². The molecular weight excluding hydrogens is 272 g/mol. The number of anilines is 1. The van der Waals surface area contributed by atoms with Gasteiger partial charge in [0.1, 0.15) is 0 Å². The third-order valence-corrected chi connectivity index (χ3v) is 3.76. The first-order chi connectivity index (χ1) is 10.1. The fourth-order valence-corrected chi connectivity index (χ4v) is 2.39. The van der Waals surface area contributed by atoms with Crippen LogP contribution in [0.5, 0.6) is 0 Å². The number of H-pyrrole nitrogens is 1. The Labute approximate surface area is 124 Å². The van der Waals surface area contributed by atoms with Gasteiger partial charge in [-0.1, -0.05) is 0 Å². The number of amides is 1. The molecule has 1 heterocycles. The average Bonchev–Trinajstić information content (AvgIpc) is 3.22. The minimum Gasteiger partial charge on any atom is -0.395 e. The summed E-state index contributed by atoms with van der Waals surface area (Å²) in [4.78, 5) is 14.4. The molecule has 21 heavy (non-hydrogen) atoms. The van der Waals surface area contributed by atoms with Crippen LogP contribution in [0.25, 0.3) is 0 Å². The summed E-state index contributed by atoms with van der Waals surface area (Å²) >= 11 is 0. The molecule has 1 aromatic rings. The minimum absolute atomic E-state index is 0.0712. The molecule has 2 rings (SSSR count). The van der Waals surface area contributed by atoms with Crippen molar-refractivity contribution in [3.8, 4) is 0 Å². The lowest BCUT2D eigenvalue weighted by Crippen LogP contribution is -2.43. The van der Waals surface area contributed by atoms with Crippen molar-refractivity contribution >= 4 is 11.6 Å². The van der Waals surface area contributed by atoms with E-state index in [1.807, 2.05) is 6.92 Å². The van der Waals surface area contributed by atoms with Crippen LogP contribution in [-0.4, -0.2) is 61.0 Å². The predicted molar refractivity (Wildman–Crippen MR) is 79.2 cm³/mol. The number of carbonyl (C=O) groups excluding carboxylic acids is 1. The number of aromatic amines is 1. The maximum absolute atomic E-state index is 12.7. The Morgan fingerprint density at radius 2 is 2.19 bits per heavy atom. The Hall–Kier alpha value is -1.60. The number of rotatable bonds is 8. The molecule has 0 spiro atoms. The number of ether oxygens (including phenoxy) is 2. The number of hydrogen-bond donors (Lipinski definition) is 2. The zero-order valence-electron chi connectivity index (χ0n) is 12.9. The van der Waals surface area contributed by atoms with Gasteiger partial charge in [-0.05, 0) is 19.8 Å². The second-order valence-electron chi connectivity index (χ2n) is 5.47. The van der Waals surface area contributed by atoms with E-state index in [1.54, 1.807) is 19.1 Å². The van der Waals surface area contributed by atoms with Crippen LogP contribution in [-0.2, 0) is 9.47 Å². The van der Waals surface area contributed by atoms with Gasteiger partial charge in [0.2, 0.25) is 0 Å².